The number of pyridine rings is 1. The molecule has 0 fully saturated rings. The summed E-state index contributed by atoms with van der Waals surface area (Å²) >= 11 is 0. The Balaban J connectivity index is 2.02. The highest BCUT2D eigenvalue weighted by molar-refractivity contribution is 6.03. The van der Waals surface area contributed by atoms with Gasteiger partial charge >= 0.3 is 0 Å². The van der Waals surface area contributed by atoms with Gasteiger partial charge in [0.15, 0.2) is 5.84 Å². The highest BCUT2D eigenvalue weighted by Crippen LogP contribution is 2.01. The summed E-state index contributed by atoms with van der Waals surface area (Å²) < 4.78 is 0. The fourth-order valence-corrected chi connectivity index (χ4v) is 1.12. The van der Waals surface area contributed by atoms with Gasteiger partial charge in [-0.3, -0.25) is 4.98 Å². The first-order chi connectivity index (χ1) is 6.34. The number of amidine groups is 2. The van der Waals surface area contributed by atoms with E-state index in [9.17, 15) is 0 Å². The SMILES string of the molecule is CC1=NN=C(Cc2cccnc2)[N]1. The van der Waals surface area contributed by atoms with Gasteiger partial charge < -0.3 is 0 Å². The number of hydrogen-bond donors (Lipinski definition) is 0. The third-order valence-corrected chi connectivity index (χ3v) is 1.69. The first-order valence-electron chi connectivity index (χ1n) is 4.06. The molecule has 65 valence electrons. The number of hydrogen-bond acceptors (Lipinski definition) is 3. The molecule has 4 heteroatoms. The molecule has 0 aromatic carbocycles. The van der Waals surface area contributed by atoms with Crippen molar-refractivity contribution in [3.63, 3.8) is 0 Å². The molecule has 0 unspecified atom stereocenters. The molecule has 2 rings (SSSR count). The van der Waals surface area contributed by atoms with Gasteiger partial charge in [0, 0.05) is 18.8 Å². The van der Waals surface area contributed by atoms with Gasteiger partial charge in [-0.2, -0.15) is 0 Å². The van der Waals surface area contributed by atoms with Gasteiger partial charge in [0.25, 0.3) is 0 Å². The van der Waals surface area contributed by atoms with Crippen LogP contribution in [0.15, 0.2) is 34.7 Å². The van der Waals surface area contributed by atoms with Gasteiger partial charge in [-0.1, -0.05) is 6.07 Å². The molecule has 1 aromatic heterocycles. The first kappa shape index (κ1) is 7.91. The summed E-state index contributed by atoms with van der Waals surface area (Å²) in [5.41, 5.74) is 1.11. The Labute approximate surface area is 76.4 Å². The Morgan fingerprint density at radius 1 is 1.31 bits per heavy atom. The van der Waals surface area contributed by atoms with E-state index in [-0.39, 0.29) is 0 Å². The van der Waals surface area contributed by atoms with E-state index in [4.69, 9.17) is 0 Å². The van der Waals surface area contributed by atoms with Crippen LogP contribution in [0.2, 0.25) is 0 Å². The molecule has 0 N–H and O–H groups in total. The van der Waals surface area contributed by atoms with Gasteiger partial charge in [0.1, 0.15) is 5.84 Å². The van der Waals surface area contributed by atoms with Crippen molar-refractivity contribution in [2.24, 2.45) is 10.2 Å². The van der Waals surface area contributed by atoms with Crippen LogP contribution in [0, 0.1) is 0 Å². The van der Waals surface area contributed by atoms with Crippen molar-refractivity contribution in [2.45, 2.75) is 13.3 Å². The largest absolute Gasteiger partial charge is 0.264 e. The molecule has 0 spiro atoms. The van der Waals surface area contributed by atoms with E-state index in [1.165, 1.54) is 0 Å². The van der Waals surface area contributed by atoms with Gasteiger partial charge in [-0.15, -0.1) is 10.2 Å². The maximum absolute atomic E-state index is 4.16. The van der Waals surface area contributed by atoms with Gasteiger partial charge in [-0.05, 0) is 18.6 Å². The predicted octanol–water partition coefficient (Wildman–Crippen LogP) is 0.974. The standard InChI is InChI=1S/C9H9N4/c1-7-11-9(13-12-7)5-8-3-2-4-10-6-8/h2-4,6H,5H2,1H3. The minimum atomic E-state index is 0.703. The van der Waals surface area contributed by atoms with Crippen molar-refractivity contribution < 1.29 is 0 Å². The molecule has 0 aliphatic carbocycles. The molecule has 1 aliphatic heterocycles. The van der Waals surface area contributed by atoms with E-state index in [0.29, 0.717) is 6.42 Å². The number of nitrogens with zero attached hydrogens (tertiary/aromatic N) is 4. The van der Waals surface area contributed by atoms with E-state index >= 15 is 0 Å². The molecule has 0 atom stereocenters. The molecule has 2 heterocycles. The van der Waals surface area contributed by atoms with Crippen LogP contribution in [-0.4, -0.2) is 16.7 Å². The van der Waals surface area contributed by atoms with Crippen molar-refractivity contribution in [3.8, 4) is 0 Å². The lowest BCUT2D eigenvalue weighted by Crippen LogP contribution is -2.17. The lowest BCUT2D eigenvalue weighted by molar-refractivity contribution is 1.16. The second-order valence-electron chi connectivity index (χ2n) is 2.81. The summed E-state index contributed by atoms with van der Waals surface area (Å²) in [7, 11) is 0. The van der Waals surface area contributed by atoms with Crippen LogP contribution in [0.3, 0.4) is 0 Å². The van der Waals surface area contributed by atoms with E-state index < -0.39 is 0 Å². The fourth-order valence-electron chi connectivity index (χ4n) is 1.12. The Kier molecular flexibility index (Phi) is 2.04. The maximum Gasteiger partial charge on any atom is 0.157 e. The molecule has 0 saturated heterocycles. The topological polar surface area (TPSA) is 51.7 Å². The molecule has 0 bridgehead atoms. The van der Waals surface area contributed by atoms with Crippen molar-refractivity contribution in [3.05, 3.63) is 30.1 Å². The molecule has 1 radical (unpaired) electrons. The van der Waals surface area contributed by atoms with Crippen molar-refractivity contribution >= 4 is 11.7 Å². The zero-order valence-electron chi connectivity index (χ0n) is 7.31. The smallest absolute Gasteiger partial charge is 0.157 e. The van der Waals surface area contributed by atoms with Crippen LogP contribution in [0.5, 0.6) is 0 Å². The number of rotatable bonds is 2. The normalized spacial score (nSPS) is 14.8. The Morgan fingerprint density at radius 2 is 2.23 bits per heavy atom. The molecule has 1 aliphatic rings. The van der Waals surface area contributed by atoms with E-state index in [0.717, 1.165) is 17.2 Å². The summed E-state index contributed by atoms with van der Waals surface area (Å²) in [5.74, 6) is 1.48. The lowest BCUT2D eigenvalue weighted by Gasteiger charge is -1.98. The highest BCUT2D eigenvalue weighted by atomic mass is 15.3. The zero-order valence-corrected chi connectivity index (χ0v) is 7.31. The molecule has 0 amide bonds. The Bertz CT molecular complexity index is 353. The zero-order chi connectivity index (χ0) is 9.10. The fraction of sp³-hybridized carbons (Fsp3) is 0.222. The monoisotopic (exact) mass is 173 g/mol. The second-order valence-corrected chi connectivity index (χ2v) is 2.81. The molecule has 0 saturated carbocycles. The maximum atomic E-state index is 4.16. The van der Waals surface area contributed by atoms with E-state index in [1.54, 1.807) is 6.20 Å². The molecule has 1 aromatic rings. The molecule has 4 nitrogen and oxygen atoms in total. The summed E-state index contributed by atoms with van der Waals surface area (Å²) in [4.78, 5) is 4.01. The van der Waals surface area contributed by atoms with E-state index in [2.05, 4.69) is 20.5 Å². The lowest BCUT2D eigenvalue weighted by atomic mass is 10.2. The second kappa shape index (κ2) is 3.35. The minimum Gasteiger partial charge on any atom is -0.264 e. The minimum absolute atomic E-state index is 0.703. The quantitative estimate of drug-likeness (QED) is 0.657. The summed E-state index contributed by atoms with van der Waals surface area (Å²) in [6.07, 6.45) is 4.26. The van der Waals surface area contributed by atoms with Crippen LogP contribution >= 0.6 is 0 Å². The summed E-state index contributed by atoms with van der Waals surface area (Å²) in [5, 5.41) is 11.9. The third kappa shape index (κ3) is 1.90. The molecule has 13 heavy (non-hydrogen) atoms. The Hall–Kier alpha value is -1.71. The first-order valence-corrected chi connectivity index (χ1v) is 4.06. The van der Waals surface area contributed by atoms with Gasteiger partial charge in [-0.25, -0.2) is 5.32 Å². The average molecular weight is 173 g/mol. The van der Waals surface area contributed by atoms with Crippen molar-refractivity contribution in [1.82, 2.24) is 10.3 Å². The number of aromatic nitrogens is 1. The van der Waals surface area contributed by atoms with Crippen molar-refractivity contribution in [2.75, 3.05) is 0 Å². The van der Waals surface area contributed by atoms with Crippen LogP contribution in [-0.2, 0) is 6.42 Å². The summed E-state index contributed by atoms with van der Waals surface area (Å²) in [6, 6.07) is 3.90. The average Bonchev–Trinajstić information content (AvgIpc) is 2.53. The molecular formula is C9H9N4. The van der Waals surface area contributed by atoms with E-state index in [1.807, 2.05) is 25.3 Å². The van der Waals surface area contributed by atoms with Crippen LogP contribution in [0.1, 0.15) is 12.5 Å². The van der Waals surface area contributed by atoms with Crippen LogP contribution < -0.4 is 5.32 Å². The predicted molar refractivity (Wildman–Crippen MR) is 50.6 cm³/mol. The van der Waals surface area contributed by atoms with Crippen LogP contribution in [0.25, 0.3) is 0 Å². The molecular weight excluding hydrogens is 164 g/mol. The highest BCUT2D eigenvalue weighted by Gasteiger charge is 2.09. The summed E-state index contributed by atoms with van der Waals surface area (Å²) in [6.45, 7) is 1.83. The van der Waals surface area contributed by atoms with Gasteiger partial charge in [0.2, 0.25) is 0 Å². The third-order valence-electron chi connectivity index (χ3n) is 1.69. The Morgan fingerprint density at radius 3 is 2.85 bits per heavy atom. The van der Waals surface area contributed by atoms with Crippen molar-refractivity contribution in [1.29, 1.82) is 0 Å². The van der Waals surface area contributed by atoms with Gasteiger partial charge in [0.05, 0.1) is 0 Å². The van der Waals surface area contributed by atoms with Crippen LogP contribution in [0.4, 0.5) is 0 Å².